The molecule has 2 rings (SSSR count). The maximum atomic E-state index is 6.02. The van der Waals surface area contributed by atoms with Crippen molar-refractivity contribution in [2.45, 2.75) is 57.5 Å². The Morgan fingerprint density at radius 3 is 2.41 bits per heavy atom. The van der Waals surface area contributed by atoms with E-state index in [0.29, 0.717) is 12.1 Å². The van der Waals surface area contributed by atoms with E-state index in [2.05, 4.69) is 24.4 Å². The summed E-state index contributed by atoms with van der Waals surface area (Å²) in [7, 11) is 0. The van der Waals surface area contributed by atoms with E-state index in [-0.39, 0.29) is 0 Å². The number of benzene rings is 1. The van der Waals surface area contributed by atoms with Gasteiger partial charge in [0, 0.05) is 17.8 Å². The molecule has 0 aromatic heterocycles. The van der Waals surface area contributed by atoms with Crippen molar-refractivity contribution >= 4 is 5.69 Å². The van der Waals surface area contributed by atoms with Crippen LogP contribution in [0.25, 0.3) is 0 Å². The first-order chi connectivity index (χ1) is 8.27. The van der Waals surface area contributed by atoms with Crippen LogP contribution in [-0.2, 0) is 0 Å². The molecule has 17 heavy (non-hydrogen) atoms. The van der Waals surface area contributed by atoms with E-state index in [4.69, 9.17) is 5.73 Å². The first-order valence-corrected chi connectivity index (χ1v) is 6.88. The van der Waals surface area contributed by atoms with Crippen molar-refractivity contribution < 1.29 is 0 Å². The molecule has 2 heteroatoms. The highest BCUT2D eigenvalue weighted by molar-refractivity contribution is 5.47. The van der Waals surface area contributed by atoms with Crippen LogP contribution < -0.4 is 11.1 Å². The van der Waals surface area contributed by atoms with Crippen molar-refractivity contribution in [3.63, 3.8) is 0 Å². The lowest BCUT2D eigenvalue weighted by Gasteiger charge is -2.23. The Balaban J connectivity index is 1.96. The molecule has 1 aliphatic carbocycles. The van der Waals surface area contributed by atoms with Gasteiger partial charge in [0.2, 0.25) is 0 Å². The Bertz CT molecular complexity index is 341. The molecule has 0 bridgehead atoms. The Morgan fingerprint density at radius 1 is 1.12 bits per heavy atom. The second-order valence-corrected chi connectivity index (χ2v) is 5.21. The van der Waals surface area contributed by atoms with Crippen LogP contribution in [0.5, 0.6) is 0 Å². The fraction of sp³-hybridized carbons (Fsp3) is 0.600. The van der Waals surface area contributed by atoms with Gasteiger partial charge in [-0.05, 0) is 31.4 Å². The van der Waals surface area contributed by atoms with Gasteiger partial charge in [0.05, 0.1) is 0 Å². The Morgan fingerprint density at radius 2 is 1.76 bits per heavy atom. The van der Waals surface area contributed by atoms with Gasteiger partial charge in [0.25, 0.3) is 0 Å². The van der Waals surface area contributed by atoms with Crippen LogP contribution in [0.3, 0.4) is 0 Å². The zero-order chi connectivity index (χ0) is 12.1. The van der Waals surface area contributed by atoms with Gasteiger partial charge in [-0.15, -0.1) is 0 Å². The van der Waals surface area contributed by atoms with Gasteiger partial charge in [-0.25, -0.2) is 0 Å². The van der Waals surface area contributed by atoms with Crippen molar-refractivity contribution in [2.75, 3.05) is 5.73 Å². The number of hydrogen-bond donors (Lipinski definition) is 2. The molecule has 0 radical (unpaired) electrons. The predicted octanol–water partition coefficient (Wildman–Crippen LogP) is 3.64. The molecule has 1 saturated carbocycles. The van der Waals surface area contributed by atoms with E-state index in [1.165, 1.54) is 44.1 Å². The lowest BCUT2D eigenvalue weighted by atomic mass is 10.0. The number of nitrogen functional groups attached to an aromatic ring is 1. The van der Waals surface area contributed by atoms with E-state index in [1.54, 1.807) is 0 Å². The third-order valence-electron chi connectivity index (χ3n) is 3.80. The molecular formula is C15H24N2. The molecule has 1 unspecified atom stereocenters. The predicted molar refractivity (Wildman–Crippen MR) is 73.9 cm³/mol. The second-order valence-electron chi connectivity index (χ2n) is 5.21. The monoisotopic (exact) mass is 232 g/mol. The summed E-state index contributed by atoms with van der Waals surface area (Å²) in [6.07, 6.45) is 8.18. The van der Waals surface area contributed by atoms with Crippen LogP contribution in [0.1, 0.15) is 57.1 Å². The fourth-order valence-corrected chi connectivity index (χ4v) is 2.79. The van der Waals surface area contributed by atoms with Gasteiger partial charge in [0.15, 0.2) is 0 Å². The fourth-order valence-electron chi connectivity index (χ4n) is 2.79. The first kappa shape index (κ1) is 12.4. The van der Waals surface area contributed by atoms with Crippen molar-refractivity contribution in [3.8, 4) is 0 Å². The van der Waals surface area contributed by atoms with Crippen LogP contribution in [0.15, 0.2) is 24.3 Å². The molecular weight excluding hydrogens is 208 g/mol. The number of nitrogens with one attached hydrogen (secondary N) is 1. The third kappa shape index (κ3) is 3.47. The summed E-state index contributed by atoms with van der Waals surface area (Å²) in [5.41, 5.74) is 8.15. The zero-order valence-electron chi connectivity index (χ0n) is 10.8. The summed E-state index contributed by atoms with van der Waals surface area (Å²) in [6.45, 7) is 2.22. The minimum atomic E-state index is 0.360. The number of anilines is 1. The van der Waals surface area contributed by atoms with Crippen LogP contribution in [0.2, 0.25) is 0 Å². The van der Waals surface area contributed by atoms with Gasteiger partial charge in [-0.3, -0.25) is 0 Å². The Kier molecular flexibility index (Phi) is 4.43. The summed E-state index contributed by atoms with van der Waals surface area (Å²) in [5, 5.41) is 3.74. The summed E-state index contributed by atoms with van der Waals surface area (Å²) in [6, 6.07) is 9.21. The molecule has 94 valence electrons. The Labute approximate surface area is 105 Å². The summed E-state index contributed by atoms with van der Waals surface area (Å²) >= 11 is 0. The number of nitrogens with two attached hydrogens (primary N) is 1. The molecule has 3 N–H and O–H groups in total. The molecule has 0 aliphatic heterocycles. The molecule has 1 aromatic rings. The van der Waals surface area contributed by atoms with Crippen LogP contribution in [0.4, 0.5) is 5.69 Å². The van der Waals surface area contributed by atoms with Crippen LogP contribution in [0, 0.1) is 0 Å². The highest BCUT2D eigenvalue weighted by Gasteiger charge is 2.16. The lowest BCUT2D eigenvalue weighted by molar-refractivity contribution is 0.415. The zero-order valence-corrected chi connectivity index (χ0v) is 10.8. The van der Waals surface area contributed by atoms with Gasteiger partial charge in [-0.2, -0.15) is 0 Å². The van der Waals surface area contributed by atoms with Crippen molar-refractivity contribution in [1.82, 2.24) is 5.32 Å². The average molecular weight is 232 g/mol. The molecule has 1 atom stereocenters. The third-order valence-corrected chi connectivity index (χ3v) is 3.80. The highest BCUT2D eigenvalue weighted by Crippen LogP contribution is 2.23. The van der Waals surface area contributed by atoms with E-state index in [1.807, 2.05) is 12.1 Å². The van der Waals surface area contributed by atoms with E-state index in [9.17, 15) is 0 Å². The molecule has 0 heterocycles. The molecule has 0 amide bonds. The van der Waals surface area contributed by atoms with E-state index >= 15 is 0 Å². The number of hydrogen-bond acceptors (Lipinski definition) is 2. The van der Waals surface area contributed by atoms with Crippen LogP contribution in [-0.4, -0.2) is 6.04 Å². The highest BCUT2D eigenvalue weighted by atomic mass is 14.9. The van der Waals surface area contributed by atoms with Gasteiger partial charge >= 0.3 is 0 Å². The van der Waals surface area contributed by atoms with Gasteiger partial charge in [0.1, 0.15) is 0 Å². The van der Waals surface area contributed by atoms with Crippen molar-refractivity contribution in [2.24, 2.45) is 0 Å². The van der Waals surface area contributed by atoms with Gasteiger partial charge < -0.3 is 11.1 Å². The maximum absolute atomic E-state index is 6.02. The number of para-hydroxylation sites is 1. The van der Waals surface area contributed by atoms with Crippen molar-refractivity contribution in [3.05, 3.63) is 29.8 Å². The molecule has 1 fully saturated rings. The normalized spacial score (nSPS) is 19.8. The Hall–Kier alpha value is -1.02. The molecule has 0 spiro atoms. The second kappa shape index (κ2) is 6.06. The summed E-state index contributed by atoms with van der Waals surface area (Å²) in [5.74, 6) is 0. The topological polar surface area (TPSA) is 38.0 Å². The lowest BCUT2D eigenvalue weighted by Crippen LogP contribution is -2.31. The molecule has 1 aromatic carbocycles. The SMILES string of the molecule is CC(NC1CCCCCC1)c1ccccc1N. The summed E-state index contributed by atoms with van der Waals surface area (Å²) < 4.78 is 0. The minimum absolute atomic E-state index is 0.360. The minimum Gasteiger partial charge on any atom is -0.398 e. The number of rotatable bonds is 3. The molecule has 2 nitrogen and oxygen atoms in total. The smallest absolute Gasteiger partial charge is 0.0362 e. The van der Waals surface area contributed by atoms with E-state index < -0.39 is 0 Å². The quantitative estimate of drug-likeness (QED) is 0.617. The van der Waals surface area contributed by atoms with Crippen molar-refractivity contribution in [1.29, 1.82) is 0 Å². The summed E-state index contributed by atoms with van der Waals surface area (Å²) in [4.78, 5) is 0. The largest absolute Gasteiger partial charge is 0.398 e. The van der Waals surface area contributed by atoms with Crippen LogP contribution >= 0.6 is 0 Å². The van der Waals surface area contributed by atoms with E-state index in [0.717, 1.165) is 5.69 Å². The maximum Gasteiger partial charge on any atom is 0.0362 e. The standard InChI is InChI=1S/C15H24N2/c1-12(14-10-6-7-11-15(14)16)17-13-8-4-2-3-5-9-13/h6-7,10-13,17H,2-5,8-9,16H2,1H3. The first-order valence-electron chi connectivity index (χ1n) is 6.88. The molecule has 0 saturated heterocycles. The molecule has 1 aliphatic rings. The van der Waals surface area contributed by atoms with Gasteiger partial charge in [-0.1, -0.05) is 43.9 Å². The average Bonchev–Trinajstić information content (AvgIpc) is 2.58.